The molecule has 1 aliphatic heterocycles. The summed E-state index contributed by atoms with van der Waals surface area (Å²) in [5, 5.41) is 9.26. The number of carbonyl (C=O) groups excluding carboxylic acids is 1. The van der Waals surface area contributed by atoms with Gasteiger partial charge in [0.15, 0.2) is 0 Å². The second kappa shape index (κ2) is 6.48. The Morgan fingerprint density at radius 2 is 2.00 bits per heavy atom. The van der Waals surface area contributed by atoms with E-state index in [4.69, 9.17) is 4.74 Å². The minimum atomic E-state index is -1.01. The molecule has 1 amide bonds. The van der Waals surface area contributed by atoms with Crippen molar-refractivity contribution in [2.75, 3.05) is 6.54 Å². The average molecular weight is 312 g/mol. The SMILES string of the molecule is O=C(O)c1ccnc2c1CN(C(=O)OCc1ccccc1)CC2. The molecule has 1 aliphatic rings. The molecule has 2 heterocycles. The molecule has 3 rings (SSSR count). The largest absolute Gasteiger partial charge is 0.478 e. The number of carboxylic acids is 1. The quantitative estimate of drug-likeness (QED) is 0.942. The van der Waals surface area contributed by atoms with Gasteiger partial charge in [-0.05, 0) is 11.6 Å². The lowest BCUT2D eigenvalue weighted by Crippen LogP contribution is -2.37. The number of ether oxygens (including phenoxy) is 1. The molecule has 0 spiro atoms. The first-order chi connectivity index (χ1) is 11.1. The molecule has 1 aromatic carbocycles. The Labute approximate surface area is 133 Å². The summed E-state index contributed by atoms with van der Waals surface area (Å²) in [5.41, 5.74) is 2.42. The van der Waals surface area contributed by atoms with Gasteiger partial charge >= 0.3 is 12.1 Å². The van der Waals surface area contributed by atoms with Gasteiger partial charge in [0.05, 0.1) is 12.1 Å². The topological polar surface area (TPSA) is 79.7 Å². The zero-order chi connectivity index (χ0) is 16.2. The monoisotopic (exact) mass is 312 g/mol. The maximum absolute atomic E-state index is 12.2. The molecule has 2 aromatic rings. The molecule has 6 nitrogen and oxygen atoms in total. The number of hydrogen-bond acceptors (Lipinski definition) is 4. The summed E-state index contributed by atoms with van der Waals surface area (Å²) in [6.45, 7) is 0.872. The number of aromatic carboxylic acids is 1. The van der Waals surface area contributed by atoms with Crippen molar-refractivity contribution in [1.29, 1.82) is 0 Å². The summed E-state index contributed by atoms with van der Waals surface area (Å²) < 4.78 is 5.30. The van der Waals surface area contributed by atoms with Gasteiger partial charge in [-0.1, -0.05) is 30.3 Å². The molecule has 23 heavy (non-hydrogen) atoms. The zero-order valence-electron chi connectivity index (χ0n) is 12.4. The molecular weight excluding hydrogens is 296 g/mol. The normalized spacial score (nSPS) is 13.3. The van der Waals surface area contributed by atoms with Gasteiger partial charge in [-0.15, -0.1) is 0 Å². The second-order valence-corrected chi connectivity index (χ2v) is 5.30. The Morgan fingerprint density at radius 1 is 1.22 bits per heavy atom. The van der Waals surface area contributed by atoms with Gasteiger partial charge < -0.3 is 14.7 Å². The van der Waals surface area contributed by atoms with E-state index in [0.717, 1.165) is 11.3 Å². The summed E-state index contributed by atoms with van der Waals surface area (Å²) in [7, 11) is 0. The van der Waals surface area contributed by atoms with Crippen molar-refractivity contribution in [3.63, 3.8) is 0 Å². The van der Waals surface area contributed by atoms with Crippen LogP contribution in [-0.4, -0.2) is 33.6 Å². The zero-order valence-corrected chi connectivity index (χ0v) is 12.4. The van der Waals surface area contributed by atoms with Crippen LogP contribution in [0.3, 0.4) is 0 Å². The van der Waals surface area contributed by atoms with E-state index in [1.165, 1.54) is 17.2 Å². The number of hydrogen-bond donors (Lipinski definition) is 1. The number of nitrogens with zero attached hydrogens (tertiary/aromatic N) is 2. The summed E-state index contributed by atoms with van der Waals surface area (Å²) in [5.74, 6) is -1.01. The number of benzene rings is 1. The molecule has 0 atom stereocenters. The van der Waals surface area contributed by atoms with E-state index in [2.05, 4.69) is 4.98 Å². The number of rotatable bonds is 3. The van der Waals surface area contributed by atoms with Gasteiger partial charge in [-0.25, -0.2) is 9.59 Å². The number of carboxylic acid groups (broad SMARTS) is 1. The van der Waals surface area contributed by atoms with Crippen molar-refractivity contribution >= 4 is 12.1 Å². The van der Waals surface area contributed by atoms with Crippen LogP contribution in [-0.2, 0) is 24.3 Å². The number of amides is 1. The Kier molecular flexibility index (Phi) is 4.23. The lowest BCUT2D eigenvalue weighted by atomic mass is 10.0. The van der Waals surface area contributed by atoms with Crippen molar-refractivity contribution in [3.05, 3.63) is 65.0 Å². The van der Waals surface area contributed by atoms with Gasteiger partial charge in [0, 0.05) is 30.4 Å². The van der Waals surface area contributed by atoms with Crippen LogP contribution in [0.5, 0.6) is 0 Å². The van der Waals surface area contributed by atoms with Crippen LogP contribution < -0.4 is 0 Å². The van der Waals surface area contributed by atoms with Crippen molar-refractivity contribution in [2.45, 2.75) is 19.6 Å². The fourth-order valence-electron chi connectivity index (χ4n) is 2.61. The molecule has 118 valence electrons. The van der Waals surface area contributed by atoms with Gasteiger partial charge in [0.2, 0.25) is 0 Å². The van der Waals surface area contributed by atoms with Crippen molar-refractivity contribution in [3.8, 4) is 0 Å². The summed E-state index contributed by atoms with van der Waals surface area (Å²) >= 11 is 0. The molecule has 0 saturated carbocycles. The predicted octanol–water partition coefficient (Wildman–Crippen LogP) is 2.47. The molecule has 1 aromatic heterocycles. The molecule has 1 N–H and O–H groups in total. The molecular formula is C17H16N2O4. The highest BCUT2D eigenvalue weighted by atomic mass is 16.6. The third-order valence-electron chi connectivity index (χ3n) is 3.81. The van der Waals surface area contributed by atoms with Crippen LogP contribution in [0.4, 0.5) is 4.79 Å². The third kappa shape index (κ3) is 3.31. The first-order valence-corrected chi connectivity index (χ1v) is 7.31. The number of aromatic nitrogens is 1. The summed E-state index contributed by atoms with van der Waals surface area (Å²) in [6, 6.07) is 10.9. The molecule has 0 aliphatic carbocycles. The maximum Gasteiger partial charge on any atom is 0.410 e. The number of fused-ring (bicyclic) bond motifs is 1. The third-order valence-corrected chi connectivity index (χ3v) is 3.81. The van der Waals surface area contributed by atoms with Gasteiger partial charge in [0.1, 0.15) is 6.61 Å². The molecule has 0 fully saturated rings. The van der Waals surface area contributed by atoms with Gasteiger partial charge in [-0.2, -0.15) is 0 Å². The minimum absolute atomic E-state index is 0.190. The number of pyridine rings is 1. The fourth-order valence-corrected chi connectivity index (χ4v) is 2.61. The molecule has 6 heteroatoms. The molecule has 0 unspecified atom stereocenters. The Bertz CT molecular complexity index is 731. The lowest BCUT2D eigenvalue weighted by molar-refractivity contribution is 0.0687. The van der Waals surface area contributed by atoms with Crippen LogP contribution in [0.25, 0.3) is 0 Å². The van der Waals surface area contributed by atoms with Gasteiger partial charge in [-0.3, -0.25) is 4.98 Å². The predicted molar refractivity (Wildman–Crippen MR) is 81.9 cm³/mol. The van der Waals surface area contributed by atoms with Crippen molar-refractivity contribution in [1.82, 2.24) is 9.88 Å². The highest BCUT2D eigenvalue weighted by Crippen LogP contribution is 2.21. The summed E-state index contributed by atoms with van der Waals surface area (Å²) in [4.78, 5) is 29.2. The van der Waals surface area contributed by atoms with Gasteiger partial charge in [0.25, 0.3) is 0 Å². The van der Waals surface area contributed by atoms with Crippen LogP contribution in [0, 0.1) is 0 Å². The van der Waals surface area contributed by atoms with E-state index in [1.807, 2.05) is 30.3 Å². The molecule has 0 saturated heterocycles. The molecule has 0 radical (unpaired) electrons. The maximum atomic E-state index is 12.2. The van der Waals surface area contributed by atoms with Crippen LogP contribution in [0.2, 0.25) is 0 Å². The van der Waals surface area contributed by atoms with E-state index >= 15 is 0 Å². The van der Waals surface area contributed by atoms with Crippen LogP contribution in [0.1, 0.15) is 27.2 Å². The minimum Gasteiger partial charge on any atom is -0.478 e. The highest BCUT2D eigenvalue weighted by molar-refractivity contribution is 5.89. The first-order valence-electron chi connectivity index (χ1n) is 7.31. The van der Waals surface area contributed by atoms with Crippen LogP contribution in [0.15, 0.2) is 42.6 Å². The number of carbonyl (C=O) groups is 2. The smallest absolute Gasteiger partial charge is 0.410 e. The lowest BCUT2D eigenvalue weighted by Gasteiger charge is -2.28. The van der Waals surface area contributed by atoms with E-state index in [0.29, 0.717) is 18.5 Å². The van der Waals surface area contributed by atoms with E-state index in [9.17, 15) is 14.7 Å². The Balaban J connectivity index is 1.69. The molecule has 0 bridgehead atoms. The van der Waals surface area contributed by atoms with E-state index in [1.54, 1.807) is 0 Å². The first kappa shape index (κ1) is 15.0. The second-order valence-electron chi connectivity index (χ2n) is 5.30. The van der Waals surface area contributed by atoms with Crippen molar-refractivity contribution < 1.29 is 19.4 Å². The average Bonchev–Trinajstić information content (AvgIpc) is 2.59. The van der Waals surface area contributed by atoms with Crippen molar-refractivity contribution in [2.24, 2.45) is 0 Å². The fraction of sp³-hybridized carbons (Fsp3) is 0.235. The van der Waals surface area contributed by atoms with E-state index < -0.39 is 12.1 Å². The van der Waals surface area contributed by atoms with Crippen LogP contribution >= 0.6 is 0 Å². The Hall–Kier alpha value is -2.89. The highest BCUT2D eigenvalue weighted by Gasteiger charge is 2.26. The standard InChI is InChI=1S/C17H16N2O4/c20-16(21)13-6-8-18-15-7-9-19(10-14(13)15)17(22)23-11-12-4-2-1-3-5-12/h1-6,8H,7,9-11H2,(H,20,21). The van der Waals surface area contributed by atoms with E-state index in [-0.39, 0.29) is 18.7 Å². The summed E-state index contributed by atoms with van der Waals surface area (Å²) in [6.07, 6.45) is 1.57. The Morgan fingerprint density at radius 3 is 2.74 bits per heavy atom.